The topological polar surface area (TPSA) is 94.2 Å². The minimum Gasteiger partial charge on any atom is -0.515 e. The average molecular weight is 344 g/mol. The molecule has 0 spiro atoms. The molecule has 0 atom stereocenters. The van der Waals surface area contributed by atoms with Crippen molar-refractivity contribution < 1.29 is 23.9 Å². The van der Waals surface area contributed by atoms with Gasteiger partial charge in [0.1, 0.15) is 17.1 Å². The fourth-order valence-electron chi connectivity index (χ4n) is 2.34. The van der Waals surface area contributed by atoms with Crippen LogP contribution in [-0.2, 0) is 9.53 Å². The highest BCUT2D eigenvalue weighted by atomic mass is 16.5. The van der Waals surface area contributed by atoms with E-state index < -0.39 is 5.97 Å². The molecule has 2 rings (SSSR count). The van der Waals surface area contributed by atoms with Crippen molar-refractivity contribution in [3.8, 4) is 16.9 Å². The second kappa shape index (κ2) is 8.14. The SMILES string of the molecule is CCOC(=O)/C(C=Nc1ccc(OC)c(-c2c(C)noc2C)c1)=C\O. The van der Waals surface area contributed by atoms with Crippen LogP contribution in [0.2, 0.25) is 0 Å². The van der Waals surface area contributed by atoms with Gasteiger partial charge in [0.25, 0.3) is 0 Å². The summed E-state index contributed by atoms with van der Waals surface area (Å²) in [5, 5.41) is 13.1. The summed E-state index contributed by atoms with van der Waals surface area (Å²) in [6, 6.07) is 5.29. The number of aliphatic hydroxyl groups excluding tert-OH is 1. The van der Waals surface area contributed by atoms with Crippen molar-refractivity contribution >= 4 is 17.9 Å². The Morgan fingerprint density at radius 1 is 1.40 bits per heavy atom. The molecule has 1 aromatic carbocycles. The van der Waals surface area contributed by atoms with Crippen molar-refractivity contribution in [3.63, 3.8) is 0 Å². The third kappa shape index (κ3) is 4.06. The summed E-state index contributed by atoms with van der Waals surface area (Å²) in [6.07, 6.45) is 1.91. The molecule has 25 heavy (non-hydrogen) atoms. The average Bonchev–Trinajstić information content (AvgIpc) is 2.94. The summed E-state index contributed by atoms with van der Waals surface area (Å²) in [4.78, 5) is 15.9. The number of nitrogens with zero attached hydrogens (tertiary/aromatic N) is 2. The second-order valence-electron chi connectivity index (χ2n) is 5.15. The maximum atomic E-state index is 11.7. The molecule has 1 heterocycles. The number of carbonyl (C=O) groups is 1. The Hall–Kier alpha value is -3.09. The van der Waals surface area contributed by atoms with Gasteiger partial charge in [-0.05, 0) is 39.0 Å². The molecular weight excluding hydrogens is 324 g/mol. The van der Waals surface area contributed by atoms with E-state index in [-0.39, 0.29) is 12.2 Å². The van der Waals surface area contributed by atoms with Crippen LogP contribution in [0, 0.1) is 13.8 Å². The lowest BCUT2D eigenvalue weighted by molar-refractivity contribution is -0.137. The largest absolute Gasteiger partial charge is 0.515 e. The number of rotatable bonds is 6. The third-order valence-corrected chi connectivity index (χ3v) is 3.49. The second-order valence-corrected chi connectivity index (χ2v) is 5.15. The molecule has 7 nitrogen and oxygen atoms in total. The predicted octanol–water partition coefficient (Wildman–Crippen LogP) is 3.67. The molecule has 0 saturated heterocycles. The molecule has 0 amide bonds. The first-order chi connectivity index (χ1) is 12.0. The van der Waals surface area contributed by atoms with Gasteiger partial charge in [-0.1, -0.05) is 5.16 Å². The van der Waals surface area contributed by atoms with E-state index in [1.807, 2.05) is 13.8 Å². The van der Waals surface area contributed by atoms with E-state index in [4.69, 9.17) is 19.1 Å². The molecule has 0 unspecified atom stereocenters. The van der Waals surface area contributed by atoms with Crippen molar-refractivity contribution in [3.05, 3.63) is 41.5 Å². The Kier molecular flexibility index (Phi) is 5.94. The smallest absolute Gasteiger partial charge is 0.342 e. The van der Waals surface area contributed by atoms with Crippen LogP contribution in [0.3, 0.4) is 0 Å². The Bertz CT molecular complexity index is 801. The van der Waals surface area contributed by atoms with Crippen molar-refractivity contribution in [1.29, 1.82) is 0 Å². The number of methoxy groups -OCH3 is 1. The molecule has 1 N–H and O–H groups in total. The fraction of sp³-hybridized carbons (Fsp3) is 0.278. The highest BCUT2D eigenvalue weighted by molar-refractivity contribution is 6.09. The first-order valence-electron chi connectivity index (χ1n) is 7.68. The number of aliphatic hydroxyl groups is 1. The van der Waals surface area contributed by atoms with Gasteiger partial charge in [0.15, 0.2) is 0 Å². The van der Waals surface area contributed by atoms with E-state index in [0.717, 1.165) is 16.8 Å². The number of carbonyl (C=O) groups excluding carboxylic acids is 1. The maximum Gasteiger partial charge on any atom is 0.342 e. The van der Waals surface area contributed by atoms with Crippen molar-refractivity contribution in [2.24, 2.45) is 4.99 Å². The molecule has 1 aromatic heterocycles. The number of benzene rings is 1. The highest BCUT2D eigenvalue weighted by Crippen LogP contribution is 2.37. The predicted molar refractivity (Wildman–Crippen MR) is 93.5 cm³/mol. The lowest BCUT2D eigenvalue weighted by Gasteiger charge is -2.09. The molecule has 0 radical (unpaired) electrons. The number of hydrogen-bond acceptors (Lipinski definition) is 7. The number of aromatic nitrogens is 1. The van der Waals surface area contributed by atoms with E-state index >= 15 is 0 Å². The van der Waals surface area contributed by atoms with Gasteiger partial charge in [0.2, 0.25) is 0 Å². The van der Waals surface area contributed by atoms with Crippen LogP contribution in [0.5, 0.6) is 5.75 Å². The van der Waals surface area contributed by atoms with Crippen molar-refractivity contribution in [1.82, 2.24) is 5.16 Å². The normalized spacial score (nSPS) is 11.8. The van der Waals surface area contributed by atoms with Gasteiger partial charge < -0.3 is 19.1 Å². The van der Waals surface area contributed by atoms with Gasteiger partial charge in [-0.3, -0.25) is 4.99 Å². The Morgan fingerprint density at radius 2 is 2.16 bits per heavy atom. The van der Waals surface area contributed by atoms with E-state index in [2.05, 4.69) is 10.1 Å². The molecule has 132 valence electrons. The number of esters is 1. The number of aryl methyl sites for hydroxylation is 2. The quantitative estimate of drug-likeness (QED) is 0.372. The summed E-state index contributed by atoms with van der Waals surface area (Å²) in [7, 11) is 1.58. The minimum atomic E-state index is -0.645. The van der Waals surface area contributed by atoms with Crippen LogP contribution >= 0.6 is 0 Å². The molecule has 0 aliphatic carbocycles. The summed E-state index contributed by atoms with van der Waals surface area (Å²) in [6.45, 7) is 5.55. The standard InChI is InChI=1S/C18H20N2O5/c1-5-24-18(22)13(10-21)9-19-14-6-7-16(23-4)15(8-14)17-11(2)20-25-12(17)3/h6-10,21H,5H2,1-4H3/b13-10-,19-9?. The molecule has 0 saturated carbocycles. The maximum absolute atomic E-state index is 11.7. The number of hydrogen-bond donors (Lipinski definition) is 1. The van der Waals surface area contributed by atoms with Gasteiger partial charge >= 0.3 is 5.97 Å². The summed E-state index contributed by atoms with van der Waals surface area (Å²) < 4.78 is 15.5. The molecule has 7 heteroatoms. The monoisotopic (exact) mass is 344 g/mol. The van der Waals surface area contributed by atoms with Gasteiger partial charge in [-0.25, -0.2) is 4.79 Å². The summed E-state index contributed by atoms with van der Waals surface area (Å²) >= 11 is 0. The summed E-state index contributed by atoms with van der Waals surface area (Å²) in [5.74, 6) is 0.671. The van der Waals surface area contributed by atoms with Gasteiger partial charge in [-0.15, -0.1) is 0 Å². The number of aliphatic imine (C=N–C) groups is 1. The van der Waals surface area contributed by atoms with E-state index in [9.17, 15) is 4.79 Å². The van der Waals surface area contributed by atoms with Crippen LogP contribution in [0.4, 0.5) is 5.69 Å². The molecule has 2 aromatic rings. The van der Waals surface area contributed by atoms with E-state index in [0.29, 0.717) is 23.5 Å². The Morgan fingerprint density at radius 3 is 2.72 bits per heavy atom. The zero-order chi connectivity index (χ0) is 18.4. The zero-order valence-corrected chi connectivity index (χ0v) is 14.6. The van der Waals surface area contributed by atoms with Crippen LogP contribution in [-0.4, -0.2) is 36.2 Å². The van der Waals surface area contributed by atoms with Crippen LogP contribution < -0.4 is 4.74 Å². The van der Waals surface area contributed by atoms with Crippen LogP contribution in [0.15, 0.2) is 39.5 Å². The van der Waals surface area contributed by atoms with Gasteiger partial charge in [0.05, 0.1) is 36.9 Å². The third-order valence-electron chi connectivity index (χ3n) is 3.49. The van der Waals surface area contributed by atoms with Crippen molar-refractivity contribution in [2.75, 3.05) is 13.7 Å². The van der Waals surface area contributed by atoms with E-state index in [1.165, 1.54) is 6.21 Å². The first kappa shape index (κ1) is 18.3. The lowest BCUT2D eigenvalue weighted by atomic mass is 10.0. The van der Waals surface area contributed by atoms with Gasteiger partial charge in [0, 0.05) is 11.8 Å². The minimum absolute atomic E-state index is 0.0449. The molecule has 0 aliphatic heterocycles. The highest BCUT2D eigenvalue weighted by Gasteiger charge is 2.16. The fourth-order valence-corrected chi connectivity index (χ4v) is 2.34. The van der Waals surface area contributed by atoms with Crippen LogP contribution in [0.1, 0.15) is 18.4 Å². The number of ether oxygens (including phenoxy) is 2. The first-order valence-corrected chi connectivity index (χ1v) is 7.68. The van der Waals surface area contributed by atoms with E-state index in [1.54, 1.807) is 32.2 Å². The lowest BCUT2D eigenvalue weighted by Crippen LogP contribution is -2.08. The molecular formula is C18H20N2O5. The Labute approximate surface area is 145 Å². The molecule has 0 bridgehead atoms. The van der Waals surface area contributed by atoms with Crippen LogP contribution in [0.25, 0.3) is 11.1 Å². The van der Waals surface area contributed by atoms with Crippen molar-refractivity contribution in [2.45, 2.75) is 20.8 Å². The molecule has 0 fully saturated rings. The zero-order valence-electron chi connectivity index (χ0n) is 14.6. The van der Waals surface area contributed by atoms with Gasteiger partial charge in [-0.2, -0.15) is 0 Å². The Balaban J connectivity index is 2.40. The summed E-state index contributed by atoms with van der Waals surface area (Å²) in [5.41, 5.74) is 2.87. The molecule has 0 aliphatic rings.